The molecule has 2 saturated heterocycles. The fourth-order valence-corrected chi connectivity index (χ4v) is 3.59. The van der Waals surface area contributed by atoms with E-state index in [1.807, 2.05) is 0 Å². The number of carbonyl (C=O) groups is 1. The molecular weight excluding hydrogens is 216 g/mol. The fraction of sp³-hybridized carbons (Fsp3) is 0.923. The zero-order valence-corrected chi connectivity index (χ0v) is 10.4. The predicted octanol–water partition coefficient (Wildman–Crippen LogP) is 0.753. The van der Waals surface area contributed by atoms with E-state index in [4.69, 9.17) is 10.5 Å². The second-order valence-corrected chi connectivity index (χ2v) is 6.08. The van der Waals surface area contributed by atoms with Gasteiger partial charge in [-0.3, -0.25) is 4.79 Å². The number of hydrogen-bond acceptors (Lipinski definition) is 3. The summed E-state index contributed by atoms with van der Waals surface area (Å²) in [5.74, 6) is 0.546. The molecule has 1 spiro atoms. The number of amides is 1. The molecule has 3 atom stereocenters. The summed E-state index contributed by atoms with van der Waals surface area (Å²) < 4.78 is 5.49. The van der Waals surface area contributed by atoms with E-state index >= 15 is 0 Å². The smallest absolute Gasteiger partial charge is 0.225 e. The molecular formula is C13H22N2O2. The summed E-state index contributed by atoms with van der Waals surface area (Å²) in [6.07, 6.45) is 5.13. The first-order valence-corrected chi connectivity index (χ1v) is 6.81. The standard InChI is InChI=1S/C13H22N2O2/c14-11-2-1-10(7-11)12(16)15-5-3-13(8-15)4-6-17-9-13/h10-11H,1-9,14H2. The van der Waals surface area contributed by atoms with Crippen LogP contribution in [0, 0.1) is 11.3 Å². The van der Waals surface area contributed by atoms with Gasteiger partial charge in [-0.05, 0) is 32.1 Å². The molecule has 17 heavy (non-hydrogen) atoms. The molecule has 3 rings (SSSR count). The first-order chi connectivity index (χ1) is 8.19. The van der Waals surface area contributed by atoms with Crippen molar-refractivity contribution in [2.45, 2.75) is 38.1 Å². The van der Waals surface area contributed by atoms with Gasteiger partial charge < -0.3 is 15.4 Å². The minimum absolute atomic E-state index is 0.197. The SMILES string of the molecule is NC1CCC(C(=O)N2CCC3(CCOC3)C2)C1. The van der Waals surface area contributed by atoms with Crippen LogP contribution in [0.15, 0.2) is 0 Å². The van der Waals surface area contributed by atoms with Crippen LogP contribution in [0.2, 0.25) is 0 Å². The molecule has 1 amide bonds. The van der Waals surface area contributed by atoms with E-state index in [1.54, 1.807) is 0 Å². The summed E-state index contributed by atoms with van der Waals surface area (Å²) in [6, 6.07) is 0.246. The van der Waals surface area contributed by atoms with Crippen molar-refractivity contribution in [2.75, 3.05) is 26.3 Å². The highest BCUT2D eigenvalue weighted by atomic mass is 16.5. The van der Waals surface area contributed by atoms with E-state index in [2.05, 4.69) is 4.90 Å². The summed E-state index contributed by atoms with van der Waals surface area (Å²) in [4.78, 5) is 14.4. The van der Waals surface area contributed by atoms with E-state index < -0.39 is 0 Å². The Morgan fingerprint density at radius 2 is 2.24 bits per heavy atom. The van der Waals surface area contributed by atoms with Crippen LogP contribution >= 0.6 is 0 Å². The summed E-state index contributed by atoms with van der Waals surface area (Å²) in [7, 11) is 0. The van der Waals surface area contributed by atoms with E-state index in [0.717, 1.165) is 58.4 Å². The van der Waals surface area contributed by atoms with Gasteiger partial charge in [0, 0.05) is 37.1 Å². The molecule has 96 valence electrons. The highest BCUT2D eigenvalue weighted by molar-refractivity contribution is 5.79. The lowest BCUT2D eigenvalue weighted by molar-refractivity contribution is -0.134. The van der Waals surface area contributed by atoms with Gasteiger partial charge in [0.2, 0.25) is 5.91 Å². The van der Waals surface area contributed by atoms with Gasteiger partial charge >= 0.3 is 0 Å². The second-order valence-electron chi connectivity index (χ2n) is 6.08. The largest absolute Gasteiger partial charge is 0.381 e. The maximum atomic E-state index is 12.4. The molecule has 0 aromatic carbocycles. The molecule has 2 N–H and O–H groups in total. The summed E-state index contributed by atoms with van der Waals surface area (Å²) >= 11 is 0. The zero-order valence-electron chi connectivity index (χ0n) is 10.4. The average molecular weight is 238 g/mol. The molecule has 2 heterocycles. The van der Waals surface area contributed by atoms with Gasteiger partial charge in [-0.15, -0.1) is 0 Å². The first-order valence-electron chi connectivity index (χ1n) is 6.81. The molecule has 1 aliphatic carbocycles. The monoisotopic (exact) mass is 238 g/mol. The van der Waals surface area contributed by atoms with E-state index in [-0.39, 0.29) is 17.4 Å². The number of carbonyl (C=O) groups excluding carboxylic acids is 1. The highest BCUT2D eigenvalue weighted by Gasteiger charge is 2.44. The minimum Gasteiger partial charge on any atom is -0.381 e. The van der Waals surface area contributed by atoms with Crippen molar-refractivity contribution in [1.29, 1.82) is 0 Å². The molecule has 2 aliphatic heterocycles. The Balaban J connectivity index is 1.60. The summed E-state index contributed by atoms with van der Waals surface area (Å²) in [5, 5.41) is 0. The molecule has 0 aromatic rings. The van der Waals surface area contributed by atoms with E-state index in [0.29, 0.717) is 5.91 Å². The van der Waals surface area contributed by atoms with Crippen LogP contribution in [-0.4, -0.2) is 43.2 Å². The molecule has 0 aromatic heterocycles. The lowest BCUT2D eigenvalue weighted by atomic mass is 9.87. The van der Waals surface area contributed by atoms with Crippen LogP contribution in [0.4, 0.5) is 0 Å². The van der Waals surface area contributed by atoms with Gasteiger partial charge in [0.25, 0.3) is 0 Å². The molecule has 3 fully saturated rings. The van der Waals surface area contributed by atoms with Crippen molar-refractivity contribution in [3.8, 4) is 0 Å². The maximum absolute atomic E-state index is 12.4. The molecule has 4 heteroatoms. The average Bonchev–Trinajstić information content (AvgIpc) is 3.02. The third-order valence-corrected chi connectivity index (χ3v) is 4.76. The minimum atomic E-state index is 0.197. The number of nitrogens with zero attached hydrogens (tertiary/aromatic N) is 1. The zero-order chi connectivity index (χ0) is 11.9. The topological polar surface area (TPSA) is 55.6 Å². The number of ether oxygens (including phenoxy) is 1. The number of likely N-dealkylation sites (tertiary alicyclic amines) is 1. The van der Waals surface area contributed by atoms with Gasteiger partial charge in [-0.2, -0.15) is 0 Å². The van der Waals surface area contributed by atoms with Crippen LogP contribution in [0.1, 0.15) is 32.1 Å². The Kier molecular flexibility index (Phi) is 2.87. The van der Waals surface area contributed by atoms with Crippen molar-refractivity contribution < 1.29 is 9.53 Å². The first kappa shape index (κ1) is 11.5. The third kappa shape index (κ3) is 2.08. The number of nitrogens with two attached hydrogens (primary N) is 1. The number of hydrogen-bond donors (Lipinski definition) is 1. The Bertz CT molecular complexity index is 313. The molecule has 4 nitrogen and oxygen atoms in total. The Morgan fingerprint density at radius 3 is 2.88 bits per heavy atom. The molecule has 0 radical (unpaired) electrons. The van der Waals surface area contributed by atoms with Crippen molar-refractivity contribution >= 4 is 5.91 Å². The normalized spacial score (nSPS) is 41.6. The van der Waals surface area contributed by atoms with Gasteiger partial charge in [0.15, 0.2) is 0 Å². The maximum Gasteiger partial charge on any atom is 0.225 e. The Hall–Kier alpha value is -0.610. The third-order valence-electron chi connectivity index (χ3n) is 4.76. The summed E-state index contributed by atoms with van der Waals surface area (Å²) in [6.45, 7) is 3.56. The lowest BCUT2D eigenvalue weighted by Crippen LogP contribution is -2.36. The van der Waals surface area contributed by atoms with Gasteiger partial charge in [0.05, 0.1) is 6.61 Å². The van der Waals surface area contributed by atoms with Gasteiger partial charge in [0.1, 0.15) is 0 Å². The molecule has 3 aliphatic rings. The summed E-state index contributed by atoms with van der Waals surface area (Å²) in [5.41, 5.74) is 6.17. The van der Waals surface area contributed by atoms with Crippen LogP contribution in [0.3, 0.4) is 0 Å². The van der Waals surface area contributed by atoms with Crippen molar-refractivity contribution in [3.05, 3.63) is 0 Å². The molecule has 1 saturated carbocycles. The van der Waals surface area contributed by atoms with Crippen LogP contribution in [-0.2, 0) is 9.53 Å². The van der Waals surface area contributed by atoms with Gasteiger partial charge in [-0.1, -0.05) is 0 Å². The Labute approximate surface area is 102 Å². The van der Waals surface area contributed by atoms with E-state index in [1.165, 1.54) is 0 Å². The van der Waals surface area contributed by atoms with Gasteiger partial charge in [-0.25, -0.2) is 0 Å². The van der Waals surface area contributed by atoms with Crippen LogP contribution < -0.4 is 5.73 Å². The quantitative estimate of drug-likeness (QED) is 0.733. The van der Waals surface area contributed by atoms with Crippen molar-refractivity contribution in [3.63, 3.8) is 0 Å². The van der Waals surface area contributed by atoms with Crippen molar-refractivity contribution in [2.24, 2.45) is 17.1 Å². The fourth-order valence-electron chi connectivity index (χ4n) is 3.59. The lowest BCUT2D eigenvalue weighted by Gasteiger charge is -2.24. The molecule has 3 unspecified atom stereocenters. The van der Waals surface area contributed by atoms with E-state index in [9.17, 15) is 4.79 Å². The van der Waals surface area contributed by atoms with Crippen LogP contribution in [0.25, 0.3) is 0 Å². The molecule has 0 bridgehead atoms. The second kappa shape index (κ2) is 4.25. The van der Waals surface area contributed by atoms with Crippen molar-refractivity contribution in [1.82, 2.24) is 4.90 Å². The number of rotatable bonds is 1. The van der Waals surface area contributed by atoms with Crippen LogP contribution in [0.5, 0.6) is 0 Å². The highest BCUT2D eigenvalue weighted by Crippen LogP contribution is 2.39. The predicted molar refractivity (Wildman–Crippen MR) is 64.4 cm³/mol. The Morgan fingerprint density at radius 1 is 1.35 bits per heavy atom.